The fraction of sp³-hybridized carbons (Fsp3) is 0.333. The standard InChI is InChI=1S/C21H24N4O3S/c1-16(21(26)24-18-8-5-7-17(13-18)15-22)23-19-9-6-10-20(14-19)29(27,28)25-11-3-2-4-12-25/h5-10,13-14,16,23H,2-4,11-12H2,1H3,(H,24,26)/t16-/m1/s1. The Bertz CT molecular complexity index is 1020. The minimum absolute atomic E-state index is 0.221. The highest BCUT2D eigenvalue weighted by Crippen LogP contribution is 2.23. The van der Waals surface area contributed by atoms with Crippen LogP contribution in [0.5, 0.6) is 0 Å². The average Bonchev–Trinajstić information content (AvgIpc) is 2.74. The Kier molecular flexibility index (Phi) is 6.52. The van der Waals surface area contributed by atoms with E-state index in [9.17, 15) is 13.2 Å². The van der Waals surface area contributed by atoms with Gasteiger partial charge in [-0.2, -0.15) is 9.57 Å². The first-order chi connectivity index (χ1) is 13.9. The van der Waals surface area contributed by atoms with Crippen molar-refractivity contribution in [2.24, 2.45) is 0 Å². The van der Waals surface area contributed by atoms with Crippen molar-refractivity contribution in [1.82, 2.24) is 4.31 Å². The molecule has 2 aromatic rings. The number of carbonyl (C=O) groups is 1. The molecule has 0 saturated carbocycles. The van der Waals surface area contributed by atoms with Gasteiger partial charge in [0.1, 0.15) is 6.04 Å². The van der Waals surface area contributed by atoms with Crippen LogP contribution in [0.3, 0.4) is 0 Å². The second-order valence-corrected chi connectivity index (χ2v) is 8.98. The highest BCUT2D eigenvalue weighted by Gasteiger charge is 2.26. The molecule has 29 heavy (non-hydrogen) atoms. The lowest BCUT2D eigenvalue weighted by atomic mass is 10.2. The largest absolute Gasteiger partial charge is 0.374 e. The Morgan fingerprint density at radius 3 is 2.48 bits per heavy atom. The molecule has 1 fully saturated rings. The molecule has 1 aliphatic rings. The van der Waals surface area contributed by atoms with Gasteiger partial charge >= 0.3 is 0 Å². The van der Waals surface area contributed by atoms with E-state index >= 15 is 0 Å². The van der Waals surface area contributed by atoms with Crippen molar-refractivity contribution in [2.45, 2.75) is 37.1 Å². The highest BCUT2D eigenvalue weighted by atomic mass is 32.2. The third kappa shape index (κ3) is 5.13. The van der Waals surface area contributed by atoms with Crippen LogP contribution >= 0.6 is 0 Å². The molecule has 0 aliphatic carbocycles. The normalized spacial score (nSPS) is 15.9. The number of nitrogens with zero attached hydrogens (tertiary/aromatic N) is 2. The number of sulfonamides is 1. The molecule has 1 heterocycles. The number of anilines is 2. The number of amides is 1. The topological polar surface area (TPSA) is 102 Å². The molecule has 1 aliphatic heterocycles. The molecule has 0 spiro atoms. The van der Waals surface area contributed by atoms with Crippen LogP contribution in [0.1, 0.15) is 31.7 Å². The maximum absolute atomic E-state index is 12.9. The van der Waals surface area contributed by atoms with Crippen LogP contribution in [0, 0.1) is 11.3 Å². The second-order valence-electron chi connectivity index (χ2n) is 7.04. The van der Waals surface area contributed by atoms with E-state index in [1.54, 1.807) is 55.5 Å². The first kappa shape index (κ1) is 20.8. The van der Waals surface area contributed by atoms with Crippen molar-refractivity contribution in [2.75, 3.05) is 23.7 Å². The molecule has 7 nitrogen and oxygen atoms in total. The van der Waals surface area contributed by atoms with Crippen molar-refractivity contribution in [3.63, 3.8) is 0 Å². The summed E-state index contributed by atoms with van der Waals surface area (Å²) in [5.41, 5.74) is 1.54. The monoisotopic (exact) mass is 412 g/mol. The number of nitrogens with one attached hydrogen (secondary N) is 2. The zero-order chi connectivity index (χ0) is 20.9. The van der Waals surface area contributed by atoms with E-state index in [1.807, 2.05) is 6.07 Å². The Hall–Kier alpha value is -2.89. The molecule has 0 radical (unpaired) electrons. The van der Waals surface area contributed by atoms with Crippen LogP contribution in [0.25, 0.3) is 0 Å². The molecule has 0 aromatic heterocycles. The van der Waals surface area contributed by atoms with Gasteiger partial charge in [-0.1, -0.05) is 18.6 Å². The van der Waals surface area contributed by atoms with Gasteiger partial charge in [-0.25, -0.2) is 8.42 Å². The van der Waals surface area contributed by atoms with E-state index in [2.05, 4.69) is 10.6 Å². The van der Waals surface area contributed by atoms with Gasteiger partial charge in [0.25, 0.3) is 0 Å². The maximum atomic E-state index is 12.9. The summed E-state index contributed by atoms with van der Waals surface area (Å²) >= 11 is 0. The SMILES string of the molecule is C[C@@H](Nc1cccc(S(=O)(=O)N2CCCCC2)c1)C(=O)Nc1cccc(C#N)c1. The van der Waals surface area contributed by atoms with Gasteiger partial charge in [-0.3, -0.25) is 4.79 Å². The molecule has 8 heteroatoms. The highest BCUT2D eigenvalue weighted by molar-refractivity contribution is 7.89. The van der Waals surface area contributed by atoms with E-state index in [0.717, 1.165) is 19.3 Å². The summed E-state index contributed by atoms with van der Waals surface area (Å²) in [7, 11) is -3.53. The third-order valence-corrected chi connectivity index (χ3v) is 6.72. The van der Waals surface area contributed by atoms with Crippen LogP contribution in [-0.4, -0.2) is 37.8 Å². The van der Waals surface area contributed by atoms with Gasteiger partial charge in [-0.05, 0) is 56.2 Å². The molecular weight excluding hydrogens is 388 g/mol. The molecule has 2 N–H and O–H groups in total. The summed E-state index contributed by atoms with van der Waals surface area (Å²) in [6.45, 7) is 2.77. The minimum atomic E-state index is -3.53. The predicted octanol–water partition coefficient (Wildman–Crippen LogP) is 3.17. The molecule has 2 aromatic carbocycles. The number of carbonyl (C=O) groups excluding carboxylic acids is 1. The fourth-order valence-corrected chi connectivity index (χ4v) is 4.80. The van der Waals surface area contributed by atoms with E-state index in [0.29, 0.717) is 30.0 Å². The minimum Gasteiger partial charge on any atom is -0.374 e. The summed E-state index contributed by atoms with van der Waals surface area (Å²) in [6.07, 6.45) is 2.81. The van der Waals surface area contributed by atoms with Gasteiger partial charge in [0.05, 0.1) is 16.5 Å². The molecule has 3 rings (SSSR count). The van der Waals surface area contributed by atoms with Crippen molar-refractivity contribution >= 4 is 27.3 Å². The Balaban J connectivity index is 1.69. The zero-order valence-corrected chi connectivity index (χ0v) is 17.1. The number of benzene rings is 2. The summed E-state index contributed by atoms with van der Waals surface area (Å²) < 4.78 is 27.2. The van der Waals surface area contributed by atoms with Gasteiger partial charge in [0.2, 0.25) is 15.9 Å². The Labute approximate surface area is 171 Å². The van der Waals surface area contributed by atoms with E-state index in [-0.39, 0.29) is 10.8 Å². The molecule has 0 bridgehead atoms. The lowest BCUT2D eigenvalue weighted by Crippen LogP contribution is -2.35. The number of piperidine rings is 1. The third-order valence-electron chi connectivity index (χ3n) is 4.82. The van der Waals surface area contributed by atoms with Crippen LogP contribution in [0.4, 0.5) is 11.4 Å². The summed E-state index contributed by atoms with van der Waals surface area (Å²) in [4.78, 5) is 12.7. The van der Waals surface area contributed by atoms with Gasteiger partial charge in [0, 0.05) is 24.5 Å². The summed E-state index contributed by atoms with van der Waals surface area (Å²) in [5, 5.41) is 14.8. The first-order valence-electron chi connectivity index (χ1n) is 9.58. The molecule has 1 atom stereocenters. The van der Waals surface area contributed by atoms with Crippen LogP contribution in [0.2, 0.25) is 0 Å². The van der Waals surface area contributed by atoms with Crippen molar-refractivity contribution < 1.29 is 13.2 Å². The van der Waals surface area contributed by atoms with E-state index in [4.69, 9.17) is 5.26 Å². The van der Waals surface area contributed by atoms with Crippen LogP contribution in [0.15, 0.2) is 53.4 Å². The molecule has 0 unspecified atom stereocenters. The quantitative estimate of drug-likeness (QED) is 0.759. The first-order valence-corrected chi connectivity index (χ1v) is 11.0. The Morgan fingerprint density at radius 1 is 1.07 bits per heavy atom. The smallest absolute Gasteiger partial charge is 0.246 e. The zero-order valence-electron chi connectivity index (χ0n) is 16.3. The van der Waals surface area contributed by atoms with E-state index < -0.39 is 16.1 Å². The van der Waals surface area contributed by atoms with Crippen molar-refractivity contribution in [3.05, 3.63) is 54.1 Å². The average molecular weight is 413 g/mol. The van der Waals surface area contributed by atoms with E-state index in [1.165, 1.54) is 4.31 Å². The maximum Gasteiger partial charge on any atom is 0.246 e. The lowest BCUT2D eigenvalue weighted by Gasteiger charge is -2.26. The molecular formula is C21H24N4O3S. The fourth-order valence-electron chi connectivity index (χ4n) is 3.23. The number of rotatable bonds is 6. The molecule has 152 valence electrons. The number of nitriles is 1. The van der Waals surface area contributed by atoms with Crippen LogP contribution in [-0.2, 0) is 14.8 Å². The lowest BCUT2D eigenvalue weighted by molar-refractivity contribution is -0.116. The van der Waals surface area contributed by atoms with Crippen molar-refractivity contribution in [3.8, 4) is 6.07 Å². The number of hydrogen-bond donors (Lipinski definition) is 2. The van der Waals surface area contributed by atoms with Crippen LogP contribution < -0.4 is 10.6 Å². The van der Waals surface area contributed by atoms with Gasteiger partial charge in [0.15, 0.2) is 0 Å². The molecule has 1 amide bonds. The summed E-state index contributed by atoms with van der Waals surface area (Å²) in [6, 6.07) is 14.6. The Morgan fingerprint density at radius 2 is 1.76 bits per heavy atom. The predicted molar refractivity (Wildman–Crippen MR) is 112 cm³/mol. The van der Waals surface area contributed by atoms with Gasteiger partial charge < -0.3 is 10.6 Å². The van der Waals surface area contributed by atoms with Crippen molar-refractivity contribution in [1.29, 1.82) is 5.26 Å². The molecule has 1 saturated heterocycles. The number of hydrogen-bond acceptors (Lipinski definition) is 5. The van der Waals surface area contributed by atoms with Gasteiger partial charge in [-0.15, -0.1) is 0 Å². The summed E-state index contributed by atoms with van der Waals surface area (Å²) in [5.74, 6) is -0.288. The second kappa shape index (κ2) is 9.07.